The molecule has 0 N–H and O–H groups in total. The molecule has 1 aliphatic heterocycles. The van der Waals surface area contributed by atoms with Crippen molar-refractivity contribution < 1.29 is 18.5 Å². The largest absolute Gasteiger partial charge is 0.609 e. The molecule has 0 spiro atoms. The molecule has 4 rings (SSSR count). The van der Waals surface area contributed by atoms with Crippen LogP contribution in [0.2, 0.25) is 0 Å². The van der Waals surface area contributed by atoms with Crippen molar-refractivity contribution in [2.45, 2.75) is 50.9 Å². The molecule has 1 amide bonds. The van der Waals surface area contributed by atoms with Gasteiger partial charge in [0, 0.05) is 36.4 Å². The van der Waals surface area contributed by atoms with E-state index in [-0.39, 0.29) is 41.4 Å². The van der Waals surface area contributed by atoms with Crippen LogP contribution < -0.4 is 10.5 Å². The molecule has 2 unspecified atom stereocenters. The Labute approximate surface area is 222 Å². The molecule has 2 aromatic heterocycles. The molecule has 0 aliphatic carbocycles. The van der Waals surface area contributed by atoms with Crippen LogP contribution in [-0.4, -0.2) is 72.8 Å². The molecule has 2 atom stereocenters. The second-order valence-corrected chi connectivity index (χ2v) is 11.2. The summed E-state index contributed by atoms with van der Waals surface area (Å²) in [5.74, 6) is -0.166. The van der Waals surface area contributed by atoms with Gasteiger partial charge in [0.25, 0.3) is 5.56 Å². The van der Waals surface area contributed by atoms with Crippen molar-refractivity contribution in [2.24, 2.45) is 0 Å². The van der Waals surface area contributed by atoms with E-state index < -0.39 is 40.3 Å². The highest BCUT2D eigenvalue weighted by atomic mass is 32.2. The number of nitrogens with zero attached hydrogens (tertiary/aromatic N) is 7. The Hall–Kier alpha value is -3.76. The van der Waals surface area contributed by atoms with E-state index in [0.29, 0.717) is 17.7 Å². The van der Waals surface area contributed by atoms with Gasteiger partial charge in [-0.15, -0.1) is 0 Å². The molecule has 13 heteroatoms. The lowest BCUT2D eigenvalue weighted by Crippen LogP contribution is -2.56. The summed E-state index contributed by atoms with van der Waals surface area (Å²) in [6, 6.07) is 5.95. The summed E-state index contributed by atoms with van der Waals surface area (Å²) < 4.78 is 33.2. The number of amides is 1. The van der Waals surface area contributed by atoms with E-state index in [2.05, 4.69) is 21.1 Å². The van der Waals surface area contributed by atoms with E-state index in [1.807, 2.05) is 4.90 Å². The highest BCUT2D eigenvalue weighted by Gasteiger charge is 2.35. The van der Waals surface area contributed by atoms with Crippen LogP contribution in [0.25, 0.3) is 16.6 Å². The summed E-state index contributed by atoms with van der Waals surface area (Å²) in [6.45, 7) is 7.63. The van der Waals surface area contributed by atoms with Crippen molar-refractivity contribution in [3.8, 4) is 11.8 Å². The first-order valence-electron chi connectivity index (χ1n) is 11.9. The average molecular weight is 542 g/mol. The first-order valence-corrected chi connectivity index (χ1v) is 13.5. The molecule has 0 radical (unpaired) electrons. The van der Waals surface area contributed by atoms with Gasteiger partial charge in [-0.2, -0.15) is 25.0 Å². The Balaban J connectivity index is 1.79. The van der Waals surface area contributed by atoms with Crippen LogP contribution in [0.4, 0.5) is 15.0 Å². The third-order valence-corrected chi connectivity index (χ3v) is 6.76. The number of nitriles is 1. The van der Waals surface area contributed by atoms with Crippen molar-refractivity contribution in [1.82, 2.24) is 24.6 Å². The number of benzene rings is 1. The zero-order chi connectivity index (χ0) is 27.8. The molecule has 200 valence electrons. The Morgan fingerprint density at radius 3 is 2.71 bits per heavy atom. The molecule has 1 aromatic carbocycles. The van der Waals surface area contributed by atoms with Gasteiger partial charge in [0.05, 0.1) is 35.8 Å². The summed E-state index contributed by atoms with van der Waals surface area (Å²) in [4.78, 5) is 38.4. The fourth-order valence-corrected chi connectivity index (χ4v) is 4.68. The number of ether oxygens (including phenoxy) is 1. The third-order valence-electron chi connectivity index (χ3n) is 6.06. The zero-order valence-corrected chi connectivity index (χ0v) is 22.6. The number of carbonyl (C=O) groups excluding carboxylic acids is 1. The van der Waals surface area contributed by atoms with E-state index in [1.165, 1.54) is 29.5 Å². The Morgan fingerprint density at radius 1 is 1.32 bits per heavy atom. The second-order valence-electron chi connectivity index (χ2n) is 9.93. The molecule has 3 heterocycles. The summed E-state index contributed by atoms with van der Waals surface area (Å²) in [6.07, 6.45) is 2.35. The standard InChI is InChI=1S/C25H28FN7O4S/c1-15-18(26)7-6-8-19(15)33-22(34)20-17(13-28-33)21(30-23(29-20)38(5)36)31-11-12-32(16(14-31)9-10-27)24(35)37-25(2,3)4/h6-8,13,16H,9,11-12,14H2,1-5H3. The fraction of sp³-hybridized carbons (Fsp3) is 0.440. The van der Waals surface area contributed by atoms with Gasteiger partial charge < -0.3 is 19.1 Å². The van der Waals surface area contributed by atoms with Crippen molar-refractivity contribution >= 4 is 34.0 Å². The van der Waals surface area contributed by atoms with E-state index >= 15 is 0 Å². The minimum absolute atomic E-state index is 0.0229. The quantitative estimate of drug-likeness (QED) is 0.360. The number of anilines is 1. The lowest BCUT2D eigenvalue weighted by Gasteiger charge is -2.41. The van der Waals surface area contributed by atoms with Gasteiger partial charge >= 0.3 is 11.2 Å². The summed E-state index contributed by atoms with van der Waals surface area (Å²) in [5, 5.41) is 13.9. The maximum absolute atomic E-state index is 14.2. The van der Waals surface area contributed by atoms with E-state index in [0.717, 1.165) is 4.68 Å². The molecule has 11 nitrogen and oxygen atoms in total. The van der Waals surface area contributed by atoms with Gasteiger partial charge in [-0.1, -0.05) is 6.07 Å². The highest BCUT2D eigenvalue weighted by molar-refractivity contribution is 7.90. The third kappa shape index (κ3) is 5.41. The Kier molecular flexibility index (Phi) is 7.57. The van der Waals surface area contributed by atoms with Crippen LogP contribution in [0.5, 0.6) is 0 Å². The monoisotopic (exact) mass is 541 g/mol. The molecule has 1 saturated heterocycles. The van der Waals surface area contributed by atoms with Crippen molar-refractivity contribution in [1.29, 1.82) is 5.26 Å². The van der Waals surface area contributed by atoms with Gasteiger partial charge in [-0.3, -0.25) is 4.79 Å². The summed E-state index contributed by atoms with van der Waals surface area (Å²) >= 11 is -1.62. The summed E-state index contributed by atoms with van der Waals surface area (Å²) in [5.41, 5.74) is -0.832. The zero-order valence-electron chi connectivity index (χ0n) is 21.8. The molecule has 38 heavy (non-hydrogen) atoms. The maximum atomic E-state index is 14.2. The van der Waals surface area contributed by atoms with E-state index in [1.54, 1.807) is 33.8 Å². The van der Waals surface area contributed by atoms with Gasteiger partial charge in [0.2, 0.25) is 0 Å². The number of rotatable bonds is 4. The molecular formula is C25H28FN7O4S. The minimum atomic E-state index is -1.62. The minimum Gasteiger partial charge on any atom is -0.609 e. The predicted molar refractivity (Wildman–Crippen MR) is 139 cm³/mol. The molecule has 0 saturated carbocycles. The van der Waals surface area contributed by atoms with Gasteiger partial charge in [0.1, 0.15) is 29.0 Å². The topological polar surface area (TPSA) is 140 Å². The van der Waals surface area contributed by atoms with Gasteiger partial charge in [0.15, 0.2) is 0 Å². The first-order chi connectivity index (χ1) is 17.9. The van der Waals surface area contributed by atoms with E-state index in [9.17, 15) is 23.8 Å². The second kappa shape index (κ2) is 10.5. The number of carbonyl (C=O) groups is 1. The van der Waals surface area contributed by atoms with Crippen LogP contribution >= 0.6 is 0 Å². The van der Waals surface area contributed by atoms with Crippen LogP contribution in [0.1, 0.15) is 32.8 Å². The van der Waals surface area contributed by atoms with Crippen molar-refractivity contribution in [3.05, 3.63) is 46.1 Å². The number of hydrogen-bond donors (Lipinski definition) is 0. The number of piperazine rings is 1. The lowest BCUT2D eigenvalue weighted by atomic mass is 10.1. The molecule has 0 bridgehead atoms. The lowest BCUT2D eigenvalue weighted by molar-refractivity contribution is 0.0145. The molecule has 1 aliphatic rings. The number of halogens is 1. The van der Waals surface area contributed by atoms with Gasteiger partial charge in [-0.25, -0.2) is 9.18 Å². The Bertz CT molecular complexity index is 1480. The van der Waals surface area contributed by atoms with Crippen LogP contribution in [0.3, 0.4) is 0 Å². The number of aromatic nitrogens is 4. The van der Waals surface area contributed by atoms with Gasteiger partial charge in [-0.05, 0) is 39.8 Å². The van der Waals surface area contributed by atoms with Crippen LogP contribution in [0, 0.1) is 24.1 Å². The van der Waals surface area contributed by atoms with Crippen molar-refractivity contribution in [2.75, 3.05) is 30.8 Å². The van der Waals surface area contributed by atoms with Crippen LogP contribution in [0.15, 0.2) is 34.3 Å². The molecule has 1 fully saturated rings. The maximum Gasteiger partial charge on any atom is 0.410 e. The smallest absolute Gasteiger partial charge is 0.410 e. The van der Waals surface area contributed by atoms with Crippen LogP contribution in [-0.2, 0) is 15.9 Å². The normalized spacial score (nSPS) is 16.8. The predicted octanol–water partition coefficient (Wildman–Crippen LogP) is 2.70. The van der Waals surface area contributed by atoms with E-state index in [4.69, 9.17) is 4.74 Å². The number of hydrogen-bond acceptors (Lipinski definition) is 9. The average Bonchev–Trinajstić information content (AvgIpc) is 2.85. The highest BCUT2D eigenvalue weighted by Crippen LogP contribution is 2.27. The number of fused-ring (bicyclic) bond motifs is 1. The Morgan fingerprint density at radius 2 is 2.05 bits per heavy atom. The van der Waals surface area contributed by atoms with Crippen molar-refractivity contribution in [3.63, 3.8) is 0 Å². The SMILES string of the molecule is Cc1c(F)cccc1-n1ncc2c(N3CCN(C(=O)OC(C)(C)C)C(CC#N)C3)nc([S+](C)[O-])nc2c1=O. The summed E-state index contributed by atoms with van der Waals surface area (Å²) in [7, 11) is 0. The molecule has 3 aromatic rings. The fourth-order valence-electron chi connectivity index (χ4n) is 4.24. The first kappa shape index (κ1) is 27.3. The molecular weight excluding hydrogens is 513 g/mol.